The molecule has 0 N–H and O–H groups in total. The van der Waals surface area contributed by atoms with Crippen LogP contribution in [0.15, 0.2) is 12.7 Å². The van der Waals surface area contributed by atoms with Gasteiger partial charge in [-0.2, -0.15) is 0 Å². The predicted molar refractivity (Wildman–Crippen MR) is 42.9 cm³/mol. The molecule has 1 aliphatic rings. The van der Waals surface area contributed by atoms with E-state index >= 15 is 0 Å². The normalized spacial score (nSPS) is 31.0. The standard InChI is InChI=1S/C7H11O2.BrH.Hg/c1-3-7-4-6(2)9-8-5-7;;/h3,6-7H,1-2,4-5H2;1H;/q;;+1/p-1. The van der Waals surface area contributed by atoms with Crippen LogP contribution in [0.1, 0.15) is 6.42 Å². The number of hydrogen-bond donors (Lipinski definition) is 0. The van der Waals surface area contributed by atoms with Gasteiger partial charge in [0, 0.05) is 0 Å². The predicted octanol–water partition coefficient (Wildman–Crippen LogP) is 2.32. The molecule has 2 unspecified atom stereocenters. The first kappa shape index (κ1) is 10.2. The quantitative estimate of drug-likeness (QED) is 0.406. The van der Waals surface area contributed by atoms with Gasteiger partial charge in [-0.3, -0.25) is 0 Å². The number of hydrogen-bond acceptors (Lipinski definition) is 2. The Kier molecular flexibility index (Phi) is 5.24. The van der Waals surface area contributed by atoms with E-state index in [1.165, 1.54) is 3.93 Å². The summed E-state index contributed by atoms with van der Waals surface area (Å²) >= 11 is 2.87. The van der Waals surface area contributed by atoms with Crippen LogP contribution in [0.25, 0.3) is 0 Å². The molecule has 1 aliphatic heterocycles. The Morgan fingerprint density at radius 3 is 3.18 bits per heavy atom. The Hall–Kier alpha value is 1.08. The first-order valence-electron chi connectivity index (χ1n) is 3.83. The van der Waals surface area contributed by atoms with Gasteiger partial charge in [-0.05, 0) is 0 Å². The third-order valence-electron chi connectivity index (χ3n) is 1.82. The van der Waals surface area contributed by atoms with Crippen LogP contribution in [0.3, 0.4) is 0 Å². The van der Waals surface area contributed by atoms with Crippen molar-refractivity contribution < 1.29 is 31.9 Å². The van der Waals surface area contributed by atoms with Crippen molar-refractivity contribution in [3.8, 4) is 0 Å². The van der Waals surface area contributed by atoms with Crippen molar-refractivity contribution in [2.45, 2.75) is 16.5 Å². The van der Waals surface area contributed by atoms with E-state index in [0.29, 0.717) is 18.6 Å². The Bertz CT molecular complexity index is 130. The maximum absolute atomic E-state index is 5.13. The Morgan fingerprint density at radius 2 is 2.55 bits per heavy atom. The summed E-state index contributed by atoms with van der Waals surface area (Å²) in [6.45, 7) is 4.43. The van der Waals surface area contributed by atoms with E-state index in [2.05, 4.69) is 18.5 Å². The van der Waals surface area contributed by atoms with Gasteiger partial charge < -0.3 is 0 Å². The van der Waals surface area contributed by atoms with Crippen LogP contribution in [-0.4, -0.2) is 12.7 Å². The fourth-order valence-corrected chi connectivity index (χ4v) is 7.84. The van der Waals surface area contributed by atoms with Crippen LogP contribution < -0.4 is 0 Å². The Balaban J connectivity index is 2.27. The molecule has 0 aromatic heterocycles. The number of rotatable bonds is 3. The zero-order valence-electron chi connectivity index (χ0n) is 6.46. The molecule has 11 heavy (non-hydrogen) atoms. The third kappa shape index (κ3) is 3.53. The van der Waals surface area contributed by atoms with Gasteiger partial charge in [0.1, 0.15) is 0 Å². The van der Waals surface area contributed by atoms with Crippen molar-refractivity contribution in [3.05, 3.63) is 12.7 Å². The van der Waals surface area contributed by atoms with E-state index in [4.69, 9.17) is 9.78 Å². The van der Waals surface area contributed by atoms with Crippen molar-refractivity contribution in [2.75, 3.05) is 6.61 Å². The van der Waals surface area contributed by atoms with Crippen molar-refractivity contribution in [1.29, 1.82) is 0 Å². The molecular formula is C7H11BrHgO2. The summed E-state index contributed by atoms with van der Waals surface area (Å²) in [6, 6.07) is 0. The molecule has 0 aliphatic carbocycles. The summed E-state index contributed by atoms with van der Waals surface area (Å²) in [6.07, 6.45) is 3.39. The molecule has 0 spiro atoms. The molecular weight excluding hydrogens is 397 g/mol. The van der Waals surface area contributed by atoms with Crippen LogP contribution in [0.5, 0.6) is 0 Å². The first-order valence-corrected chi connectivity index (χ1v) is 19.6. The van der Waals surface area contributed by atoms with Crippen LogP contribution in [0.4, 0.5) is 0 Å². The summed E-state index contributed by atoms with van der Waals surface area (Å²) in [7, 11) is 0. The van der Waals surface area contributed by atoms with Gasteiger partial charge in [-0.15, -0.1) is 0 Å². The molecule has 60 valence electrons. The summed E-state index contributed by atoms with van der Waals surface area (Å²) in [4.78, 5) is 10.1. The monoisotopic (exact) mass is 408 g/mol. The first-order chi connectivity index (χ1) is 5.36. The van der Waals surface area contributed by atoms with Gasteiger partial charge >= 0.3 is 85.5 Å². The maximum atomic E-state index is 5.13. The molecule has 4 heteroatoms. The molecule has 2 nitrogen and oxygen atoms in total. The van der Waals surface area contributed by atoms with Gasteiger partial charge in [-0.25, -0.2) is 0 Å². The zero-order valence-corrected chi connectivity index (χ0v) is 13.5. The van der Waals surface area contributed by atoms with Gasteiger partial charge in [-0.1, -0.05) is 0 Å². The average molecular weight is 408 g/mol. The molecule has 1 saturated heterocycles. The molecule has 0 bridgehead atoms. The van der Waals surface area contributed by atoms with E-state index < -0.39 is 22.1 Å². The van der Waals surface area contributed by atoms with Crippen molar-refractivity contribution in [2.24, 2.45) is 5.92 Å². The van der Waals surface area contributed by atoms with Gasteiger partial charge in [0.05, 0.1) is 0 Å². The zero-order chi connectivity index (χ0) is 8.10. The number of halogens is 1. The third-order valence-corrected chi connectivity index (χ3v) is 9.19. The Labute approximate surface area is 84.9 Å². The summed E-state index contributed by atoms with van der Waals surface area (Å²) in [5, 5.41) is 0. The van der Waals surface area contributed by atoms with Gasteiger partial charge in [0.15, 0.2) is 0 Å². The van der Waals surface area contributed by atoms with Crippen LogP contribution >= 0.6 is 11.9 Å². The van der Waals surface area contributed by atoms with Crippen LogP contribution in [0, 0.1) is 5.92 Å². The van der Waals surface area contributed by atoms with Crippen molar-refractivity contribution >= 4 is 11.9 Å². The SMILES string of the molecule is C=CC1COOC([CH2][Hg][Br])C1. The second-order valence-corrected chi connectivity index (χ2v) is 13.4. The van der Waals surface area contributed by atoms with Gasteiger partial charge in [0.25, 0.3) is 0 Å². The molecule has 0 aromatic rings. The molecule has 1 rings (SSSR count). The average Bonchev–Trinajstić information content (AvgIpc) is 2.06. The molecule has 1 heterocycles. The fourth-order valence-electron chi connectivity index (χ4n) is 1.12. The molecule has 1 fully saturated rings. The van der Waals surface area contributed by atoms with Crippen LogP contribution in [0.2, 0.25) is 3.93 Å². The topological polar surface area (TPSA) is 18.5 Å². The minimum absolute atomic E-state index is 0.341. The van der Waals surface area contributed by atoms with Crippen molar-refractivity contribution in [1.82, 2.24) is 0 Å². The summed E-state index contributed by atoms with van der Waals surface area (Å²) in [5.74, 6) is 0.501. The van der Waals surface area contributed by atoms with Crippen LogP contribution in [-0.2, 0) is 31.9 Å². The van der Waals surface area contributed by atoms with E-state index in [9.17, 15) is 0 Å². The Morgan fingerprint density at radius 1 is 1.73 bits per heavy atom. The summed E-state index contributed by atoms with van der Waals surface area (Å²) < 4.78 is 1.23. The summed E-state index contributed by atoms with van der Waals surface area (Å²) in [5.41, 5.74) is 0. The molecule has 2 atom stereocenters. The minimum atomic E-state index is -0.719. The van der Waals surface area contributed by atoms with Crippen molar-refractivity contribution in [3.63, 3.8) is 0 Å². The second-order valence-electron chi connectivity index (χ2n) is 2.71. The molecule has 0 amide bonds. The molecule has 0 saturated carbocycles. The fraction of sp³-hybridized carbons (Fsp3) is 0.714. The van der Waals surface area contributed by atoms with Gasteiger partial charge in [0.2, 0.25) is 0 Å². The van der Waals surface area contributed by atoms with E-state index in [1.54, 1.807) is 0 Å². The molecule has 0 aromatic carbocycles. The van der Waals surface area contributed by atoms with E-state index in [-0.39, 0.29) is 0 Å². The molecule has 0 radical (unpaired) electrons. The second kappa shape index (κ2) is 5.67. The van der Waals surface area contributed by atoms with E-state index in [0.717, 1.165) is 6.42 Å². The van der Waals surface area contributed by atoms with E-state index in [1.807, 2.05) is 6.08 Å².